The quantitative estimate of drug-likeness (QED) is 0.357. The first-order chi connectivity index (χ1) is 11.1. The summed E-state index contributed by atoms with van der Waals surface area (Å²) < 4.78 is 12.7. The molecule has 0 spiro atoms. The molecule has 0 heterocycles. The summed E-state index contributed by atoms with van der Waals surface area (Å²) >= 11 is 0. The van der Waals surface area contributed by atoms with E-state index < -0.39 is 22.2 Å². The van der Waals surface area contributed by atoms with Crippen LogP contribution in [-0.4, -0.2) is 22.2 Å². The van der Waals surface area contributed by atoms with Crippen LogP contribution in [0.2, 0.25) is 39.3 Å². The average molecular weight is 379 g/mol. The minimum atomic E-state index is -1.67. The van der Waals surface area contributed by atoms with Crippen LogP contribution >= 0.6 is 0 Å². The van der Waals surface area contributed by atoms with Crippen LogP contribution in [0.3, 0.4) is 0 Å². The van der Waals surface area contributed by atoms with Crippen molar-refractivity contribution in [1.82, 2.24) is 0 Å². The molecule has 1 rings (SSSR count). The van der Waals surface area contributed by atoms with Gasteiger partial charge in [-0.15, -0.1) is 0 Å². The van der Waals surface area contributed by atoms with E-state index in [0.717, 1.165) is 12.2 Å². The lowest BCUT2D eigenvalue weighted by molar-refractivity contribution is 0.184. The molecule has 0 radical (unpaired) electrons. The Labute approximate surface area is 158 Å². The standard InChI is InChI=1S/C21H38O2Si2/c1-12-21(5,23-25(9,10)11)16-13-18-17(2)19(22-24(6,7)8)14-15-20(18,3)4/h12-14,16H,1,15H2,2-11H3. The number of rotatable bonds is 7. The molecule has 0 aromatic heterocycles. The molecule has 0 aliphatic heterocycles. The van der Waals surface area contributed by atoms with Crippen LogP contribution in [-0.2, 0) is 8.85 Å². The summed E-state index contributed by atoms with van der Waals surface area (Å²) in [6.45, 7) is 26.2. The largest absolute Gasteiger partial charge is 0.544 e. The van der Waals surface area contributed by atoms with E-state index in [1.807, 2.05) is 6.08 Å². The van der Waals surface area contributed by atoms with Crippen molar-refractivity contribution in [2.75, 3.05) is 0 Å². The second-order valence-corrected chi connectivity index (χ2v) is 18.7. The van der Waals surface area contributed by atoms with Gasteiger partial charge in [0.15, 0.2) is 8.32 Å². The maximum absolute atomic E-state index is 6.35. The Bertz CT molecular complexity index is 598. The molecule has 1 aliphatic rings. The smallest absolute Gasteiger partial charge is 0.242 e. The van der Waals surface area contributed by atoms with Crippen molar-refractivity contribution in [3.8, 4) is 0 Å². The SMILES string of the molecule is C=CC(C)(C=CC1=C(C)C(O[Si](C)(C)C)=CCC1(C)C)O[Si](C)(C)C. The van der Waals surface area contributed by atoms with E-state index in [-0.39, 0.29) is 5.41 Å². The van der Waals surface area contributed by atoms with Crippen molar-refractivity contribution in [2.45, 2.75) is 79.0 Å². The molecular formula is C21H38O2Si2. The molecule has 1 unspecified atom stereocenters. The third-order valence-electron chi connectivity index (χ3n) is 4.23. The van der Waals surface area contributed by atoms with E-state index in [0.29, 0.717) is 0 Å². The highest BCUT2D eigenvalue weighted by molar-refractivity contribution is 6.70. The summed E-state index contributed by atoms with van der Waals surface area (Å²) in [5.74, 6) is 1.06. The second-order valence-electron chi connectivity index (χ2n) is 9.85. The molecule has 0 N–H and O–H groups in total. The first-order valence-corrected chi connectivity index (χ1v) is 16.0. The van der Waals surface area contributed by atoms with E-state index in [2.05, 4.69) is 91.8 Å². The molecule has 0 aromatic carbocycles. The highest BCUT2D eigenvalue weighted by Crippen LogP contribution is 2.41. The fraction of sp³-hybridized carbons (Fsp3) is 0.619. The molecule has 4 heteroatoms. The van der Waals surface area contributed by atoms with Crippen LogP contribution in [0.1, 0.15) is 34.1 Å². The van der Waals surface area contributed by atoms with Crippen molar-refractivity contribution in [3.05, 3.63) is 47.8 Å². The number of hydrogen-bond donors (Lipinski definition) is 0. The topological polar surface area (TPSA) is 18.5 Å². The Morgan fingerprint density at radius 3 is 2.12 bits per heavy atom. The van der Waals surface area contributed by atoms with Gasteiger partial charge in [0.1, 0.15) is 5.76 Å². The van der Waals surface area contributed by atoms with Gasteiger partial charge in [0, 0.05) is 0 Å². The normalized spacial score (nSPS) is 21.1. The Morgan fingerprint density at radius 2 is 1.68 bits per heavy atom. The van der Waals surface area contributed by atoms with Crippen molar-refractivity contribution >= 4 is 16.6 Å². The molecule has 0 aromatic rings. The van der Waals surface area contributed by atoms with Crippen LogP contribution in [0.15, 0.2) is 47.8 Å². The second kappa shape index (κ2) is 7.41. The highest BCUT2D eigenvalue weighted by atomic mass is 28.4. The zero-order valence-corrected chi connectivity index (χ0v) is 20.0. The van der Waals surface area contributed by atoms with Gasteiger partial charge in [-0.25, -0.2) is 0 Å². The van der Waals surface area contributed by atoms with Gasteiger partial charge >= 0.3 is 0 Å². The lowest BCUT2D eigenvalue weighted by Crippen LogP contribution is -2.37. The summed E-state index contributed by atoms with van der Waals surface area (Å²) in [5, 5.41) is 0. The highest BCUT2D eigenvalue weighted by Gasteiger charge is 2.32. The van der Waals surface area contributed by atoms with Crippen molar-refractivity contribution < 1.29 is 8.85 Å². The van der Waals surface area contributed by atoms with Gasteiger partial charge in [0.05, 0.1) is 5.60 Å². The molecule has 1 atom stereocenters. The molecule has 0 bridgehead atoms. The van der Waals surface area contributed by atoms with E-state index in [4.69, 9.17) is 8.85 Å². The van der Waals surface area contributed by atoms with E-state index in [1.165, 1.54) is 11.1 Å². The Hall–Kier alpha value is -0.846. The molecule has 2 nitrogen and oxygen atoms in total. The van der Waals surface area contributed by atoms with Crippen LogP contribution < -0.4 is 0 Å². The van der Waals surface area contributed by atoms with Gasteiger partial charge in [-0.2, -0.15) is 0 Å². The third-order valence-corrected chi connectivity index (χ3v) is 6.11. The predicted octanol–water partition coefficient (Wildman–Crippen LogP) is 6.82. The number of allylic oxidation sites excluding steroid dienone is 4. The minimum Gasteiger partial charge on any atom is -0.544 e. The summed E-state index contributed by atoms with van der Waals surface area (Å²) in [7, 11) is -3.29. The van der Waals surface area contributed by atoms with Gasteiger partial charge in [0.25, 0.3) is 0 Å². The van der Waals surface area contributed by atoms with Gasteiger partial charge in [-0.05, 0) is 82.2 Å². The van der Waals surface area contributed by atoms with E-state index in [9.17, 15) is 0 Å². The van der Waals surface area contributed by atoms with Crippen molar-refractivity contribution in [1.29, 1.82) is 0 Å². The predicted molar refractivity (Wildman–Crippen MR) is 116 cm³/mol. The molecule has 0 saturated carbocycles. The van der Waals surface area contributed by atoms with Crippen molar-refractivity contribution in [3.63, 3.8) is 0 Å². The van der Waals surface area contributed by atoms with Gasteiger partial charge in [0.2, 0.25) is 8.32 Å². The van der Waals surface area contributed by atoms with E-state index >= 15 is 0 Å². The maximum Gasteiger partial charge on any atom is 0.242 e. The maximum atomic E-state index is 6.35. The number of hydrogen-bond acceptors (Lipinski definition) is 2. The first kappa shape index (κ1) is 22.2. The van der Waals surface area contributed by atoms with Crippen LogP contribution in [0, 0.1) is 5.41 Å². The third kappa shape index (κ3) is 6.76. The monoisotopic (exact) mass is 378 g/mol. The first-order valence-electron chi connectivity index (χ1n) is 9.22. The summed E-state index contributed by atoms with van der Waals surface area (Å²) in [6.07, 6.45) is 9.55. The lowest BCUT2D eigenvalue weighted by Gasteiger charge is -2.36. The van der Waals surface area contributed by atoms with Crippen LogP contribution in [0.25, 0.3) is 0 Å². The van der Waals surface area contributed by atoms with Gasteiger partial charge < -0.3 is 8.85 Å². The van der Waals surface area contributed by atoms with Crippen LogP contribution in [0.5, 0.6) is 0 Å². The molecule has 0 fully saturated rings. The zero-order chi connectivity index (χ0) is 19.7. The minimum absolute atomic E-state index is 0.0914. The molecular weight excluding hydrogens is 340 g/mol. The fourth-order valence-corrected chi connectivity index (χ4v) is 5.47. The summed E-state index contributed by atoms with van der Waals surface area (Å²) in [4.78, 5) is 0. The van der Waals surface area contributed by atoms with Crippen molar-refractivity contribution in [2.24, 2.45) is 5.41 Å². The Kier molecular flexibility index (Phi) is 6.58. The van der Waals surface area contributed by atoms with E-state index in [1.54, 1.807) is 0 Å². The fourth-order valence-electron chi connectivity index (χ4n) is 3.10. The van der Waals surface area contributed by atoms with Crippen LogP contribution in [0.4, 0.5) is 0 Å². The Morgan fingerprint density at radius 1 is 1.12 bits per heavy atom. The summed E-state index contributed by atoms with van der Waals surface area (Å²) in [5.41, 5.74) is 2.23. The molecule has 142 valence electrons. The Balaban J connectivity index is 3.23. The lowest BCUT2D eigenvalue weighted by atomic mass is 9.74. The summed E-state index contributed by atoms with van der Waals surface area (Å²) in [6, 6.07) is 0. The van der Waals surface area contributed by atoms with Gasteiger partial charge in [-0.1, -0.05) is 38.7 Å². The zero-order valence-electron chi connectivity index (χ0n) is 18.0. The van der Waals surface area contributed by atoms with Gasteiger partial charge in [-0.3, -0.25) is 0 Å². The molecule has 0 amide bonds. The molecule has 0 saturated heterocycles. The average Bonchev–Trinajstić information content (AvgIpc) is 2.38. The molecule has 1 aliphatic carbocycles. The molecule has 25 heavy (non-hydrogen) atoms.